The number of thiazole rings is 1. The van der Waals surface area contributed by atoms with Crippen LogP contribution < -0.4 is 10.3 Å². The normalized spacial score (nSPS) is 10.7. The van der Waals surface area contributed by atoms with Gasteiger partial charge in [-0.1, -0.05) is 67.5 Å². The smallest absolute Gasteiger partial charge is 0.305 e. The first-order valence-electron chi connectivity index (χ1n) is 10.5. The number of phenolic OH excluding ortho intramolecular Hbond substituents is 1. The van der Waals surface area contributed by atoms with E-state index in [1.165, 1.54) is 5.56 Å². The fourth-order valence-corrected chi connectivity index (χ4v) is 4.33. The number of fused-ring (bicyclic) bond motifs is 1. The maximum Gasteiger partial charge on any atom is 0.305 e. The summed E-state index contributed by atoms with van der Waals surface area (Å²) in [4.78, 5) is 26.9. The lowest BCUT2D eigenvalue weighted by molar-refractivity contribution is -0.134. The van der Waals surface area contributed by atoms with Crippen molar-refractivity contribution in [2.45, 2.75) is 45.4 Å². The summed E-state index contributed by atoms with van der Waals surface area (Å²) in [6.45, 7) is 3.31. The molecule has 0 saturated heterocycles. The number of halogens is 1. The topological polar surface area (TPSA) is 85.4 Å². The first-order chi connectivity index (χ1) is 14.6. The molecule has 0 aliphatic carbocycles. The molecule has 1 heterocycles. The van der Waals surface area contributed by atoms with Gasteiger partial charge in [0, 0.05) is 19.5 Å². The number of carbonyl (C=O) groups is 1. The second-order valence-electron chi connectivity index (χ2n) is 7.36. The van der Waals surface area contributed by atoms with Crippen molar-refractivity contribution >= 4 is 39.9 Å². The van der Waals surface area contributed by atoms with Crippen LogP contribution >= 0.6 is 23.7 Å². The third-order valence-corrected chi connectivity index (χ3v) is 6.06. The van der Waals surface area contributed by atoms with E-state index >= 15 is 0 Å². The number of unbranched alkanes of at least 4 members (excludes halogenated alkanes) is 2. The van der Waals surface area contributed by atoms with E-state index in [-0.39, 0.29) is 28.9 Å². The summed E-state index contributed by atoms with van der Waals surface area (Å²) >= 11 is 1.10. The Kier molecular flexibility index (Phi) is 10.0. The van der Waals surface area contributed by atoms with Crippen molar-refractivity contribution in [1.29, 1.82) is 0 Å². The van der Waals surface area contributed by atoms with Crippen molar-refractivity contribution in [1.82, 2.24) is 15.4 Å². The highest BCUT2D eigenvalue weighted by molar-refractivity contribution is 7.16. The molecule has 2 aromatic carbocycles. The van der Waals surface area contributed by atoms with Crippen LogP contribution in [0.15, 0.2) is 47.3 Å². The van der Waals surface area contributed by atoms with Gasteiger partial charge in [0.2, 0.25) is 5.91 Å². The predicted octanol–water partition coefficient (Wildman–Crippen LogP) is 4.42. The van der Waals surface area contributed by atoms with Gasteiger partial charge < -0.3 is 10.1 Å². The van der Waals surface area contributed by atoms with Gasteiger partial charge in [-0.25, -0.2) is 5.43 Å². The van der Waals surface area contributed by atoms with E-state index in [0.717, 1.165) is 47.3 Å². The number of phenols is 1. The average molecular weight is 464 g/mol. The fourth-order valence-electron chi connectivity index (χ4n) is 3.43. The molecule has 3 aromatic rings. The van der Waals surface area contributed by atoms with Crippen LogP contribution in [0.1, 0.15) is 43.7 Å². The lowest BCUT2D eigenvalue weighted by Crippen LogP contribution is -2.44. The molecule has 3 N–H and O–H groups in total. The minimum atomic E-state index is -0.184. The Morgan fingerprint density at radius 2 is 1.90 bits per heavy atom. The van der Waals surface area contributed by atoms with Crippen LogP contribution in [0.2, 0.25) is 0 Å². The number of hydrogen-bond acceptors (Lipinski definition) is 5. The number of aromatic hydroxyl groups is 1. The molecule has 0 bridgehead atoms. The lowest BCUT2D eigenvalue weighted by Gasteiger charge is -2.24. The Morgan fingerprint density at radius 3 is 2.65 bits per heavy atom. The number of H-pyrrole nitrogens is 1. The second-order valence-corrected chi connectivity index (χ2v) is 8.34. The van der Waals surface area contributed by atoms with Crippen molar-refractivity contribution in [3.8, 4) is 5.75 Å². The molecule has 6 nitrogen and oxygen atoms in total. The molecule has 1 amide bonds. The van der Waals surface area contributed by atoms with E-state index in [1.54, 1.807) is 11.1 Å². The molecular weight excluding hydrogens is 434 g/mol. The van der Waals surface area contributed by atoms with E-state index in [4.69, 9.17) is 0 Å². The molecule has 8 heteroatoms. The van der Waals surface area contributed by atoms with Crippen molar-refractivity contribution in [3.05, 3.63) is 63.3 Å². The number of aromatic amines is 1. The second kappa shape index (κ2) is 12.5. The summed E-state index contributed by atoms with van der Waals surface area (Å²) in [6, 6.07) is 13.6. The summed E-state index contributed by atoms with van der Waals surface area (Å²) in [5.74, 6) is 0.192. The molecule has 0 unspecified atom stereocenters. The molecule has 31 heavy (non-hydrogen) atoms. The molecule has 0 radical (unpaired) electrons. The fraction of sp³-hybridized carbons (Fsp3) is 0.391. The van der Waals surface area contributed by atoms with Gasteiger partial charge in [0.15, 0.2) is 0 Å². The van der Waals surface area contributed by atoms with Gasteiger partial charge in [0.25, 0.3) is 0 Å². The van der Waals surface area contributed by atoms with Crippen LogP contribution in [0.5, 0.6) is 5.75 Å². The van der Waals surface area contributed by atoms with Crippen LogP contribution in [0.4, 0.5) is 0 Å². The van der Waals surface area contributed by atoms with Gasteiger partial charge in [-0.05, 0) is 36.5 Å². The largest absolute Gasteiger partial charge is 0.506 e. The molecule has 168 valence electrons. The van der Waals surface area contributed by atoms with Crippen molar-refractivity contribution < 1.29 is 9.90 Å². The van der Waals surface area contributed by atoms with Crippen molar-refractivity contribution in [2.75, 3.05) is 13.1 Å². The van der Waals surface area contributed by atoms with E-state index < -0.39 is 0 Å². The number of amides is 1. The van der Waals surface area contributed by atoms with Gasteiger partial charge in [-0.15, -0.1) is 12.4 Å². The lowest BCUT2D eigenvalue weighted by atomic mass is 10.1. The summed E-state index contributed by atoms with van der Waals surface area (Å²) in [6.07, 6.45) is 5.01. The molecule has 0 spiro atoms. The van der Waals surface area contributed by atoms with Crippen molar-refractivity contribution in [3.63, 3.8) is 0 Å². The summed E-state index contributed by atoms with van der Waals surface area (Å²) in [7, 11) is 0. The number of rotatable bonds is 11. The molecule has 1 aromatic heterocycles. The third kappa shape index (κ3) is 7.09. The SMILES string of the molecule is CCCCCC(=O)N(CCc1ccccc1)NCCc1ccc(O)c2[nH]c(=O)sc12.Cl. The predicted molar refractivity (Wildman–Crippen MR) is 129 cm³/mol. The summed E-state index contributed by atoms with van der Waals surface area (Å²) in [5.41, 5.74) is 5.94. The molecule has 0 atom stereocenters. The Morgan fingerprint density at radius 1 is 1.13 bits per heavy atom. The number of nitrogens with zero attached hydrogens (tertiary/aromatic N) is 1. The van der Waals surface area contributed by atoms with Crippen LogP contribution in [0.25, 0.3) is 10.2 Å². The van der Waals surface area contributed by atoms with Crippen LogP contribution in [0.3, 0.4) is 0 Å². The molecule has 0 saturated carbocycles. The number of benzene rings is 2. The van der Waals surface area contributed by atoms with Gasteiger partial charge in [-0.2, -0.15) is 0 Å². The zero-order valence-electron chi connectivity index (χ0n) is 17.7. The van der Waals surface area contributed by atoms with E-state index in [1.807, 2.05) is 24.3 Å². The van der Waals surface area contributed by atoms with Crippen LogP contribution in [-0.2, 0) is 17.6 Å². The van der Waals surface area contributed by atoms with Gasteiger partial charge in [0.05, 0.1) is 4.70 Å². The third-order valence-electron chi connectivity index (χ3n) is 5.10. The quantitative estimate of drug-likeness (QED) is 0.290. The number of carbonyl (C=O) groups excluding carboxylic acids is 1. The minimum absolute atomic E-state index is 0. The highest BCUT2D eigenvalue weighted by Gasteiger charge is 2.14. The standard InChI is InChI=1S/C23H29N3O3S.ClH/c1-2-3-5-10-20(28)26(16-14-17-8-6-4-7-9-17)24-15-13-18-11-12-19(27)21-22(18)30-23(29)25-21;/h4,6-9,11-12,24,27H,2-3,5,10,13-16H2,1H3,(H,25,29);1H. The summed E-state index contributed by atoms with van der Waals surface area (Å²) in [5, 5.41) is 11.7. The zero-order valence-corrected chi connectivity index (χ0v) is 19.4. The average Bonchev–Trinajstić information content (AvgIpc) is 3.15. The maximum absolute atomic E-state index is 12.7. The first kappa shape index (κ1) is 24.9. The van der Waals surface area contributed by atoms with Gasteiger partial charge in [-0.3, -0.25) is 14.6 Å². The number of hydrogen-bond donors (Lipinski definition) is 3. The number of hydrazine groups is 1. The zero-order chi connectivity index (χ0) is 21.3. The Labute approximate surface area is 192 Å². The summed E-state index contributed by atoms with van der Waals surface area (Å²) < 4.78 is 0.770. The first-order valence-corrected chi connectivity index (χ1v) is 11.3. The minimum Gasteiger partial charge on any atom is -0.506 e. The van der Waals surface area contributed by atoms with E-state index in [0.29, 0.717) is 31.4 Å². The van der Waals surface area contributed by atoms with Crippen molar-refractivity contribution in [2.24, 2.45) is 0 Å². The number of aromatic nitrogens is 1. The van der Waals surface area contributed by atoms with Gasteiger partial charge in [0.1, 0.15) is 11.3 Å². The maximum atomic E-state index is 12.7. The monoisotopic (exact) mass is 463 g/mol. The highest BCUT2D eigenvalue weighted by atomic mass is 35.5. The molecule has 3 rings (SSSR count). The Bertz CT molecular complexity index is 1020. The Hall–Kier alpha value is -2.35. The van der Waals surface area contributed by atoms with E-state index in [2.05, 4.69) is 29.5 Å². The molecule has 0 aliphatic rings. The van der Waals surface area contributed by atoms with E-state index in [9.17, 15) is 14.7 Å². The van der Waals surface area contributed by atoms with Crippen LogP contribution in [-0.4, -0.2) is 34.1 Å². The highest BCUT2D eigenvalue weighted by Crippen LogP contribution is 2.27. The van der Waals surface area contributed by atoms with Crippen LogP contribution in [0, 0.1) is 0 Å². The Balaban J connectivity index is 0.00000341. The number of nitrogens with one attached hydrogen (secondary N) is 2. The molecule has 0 fully saturated rings. The van der Waals surface area contributed by atoms with Gasteiger partial charge >= 0.3 is 4.87 Å². The molecular formula is C23H30ClN3O3S. The molecule has 0 aliphatic heterocycles.